The van der Waals surface area contributed by atoms with Crippen molar-refractivity contribution < 1.29 is 15.0 Å². The van der Waals surface area contributed by atoms with Crippen LogP contribution in [0.3, 0.4) is 0 Å². The van der Waals surface area contributed by atoms with Gasteiger partial charge in [-0.05, 0) is 50.4 Å². The molecule has 0 aliphatic heterocycles. The van der Waals surface area contributed by atoms with Crippen LogP contribution >= 0.6 is 0 Å². The molecular weight excluding hydrogens is 338 g/mol. The molecule has 2 rings (SSSR count). The lowest BCUT2D eigenvalue weighted by molar-refractivity contribution is -0.128. The van der Waals surface area contributed by atoms with Crippen LogP contribution in [0.4, 0.5) is 0 Å². The summed E-state index contributed by atoms with van der Waals surface area (Å²) in [7, 11) is 3.62. The molecule has 4 nitrogen and oxygen atoms in total. The lowest BCUT2D eigenvalue weighted by atomic mass is 9.88. The Bertz CT molecular complexity index is 526. The molecule has 0 aromatic heterocycles. The fourth-order valence-electron chi connectivity index (χ4n) is 4.60. The second kappa shape index (κ2) is 11.0. The van der Waals surface area contributed by atoms with E-state index in [9.17, 15) is 15.0 Å². The number of unbranched alkanes of at least 4 members (excludes halogenated alkanes) is 3. The van der Waals surface area contributed by atoms with Gasteiger partial charge in [0.05, 0.1) is 12.2 Å². The molecule has 0 heterocycles. The highest BCUT2D eigenvalue weighted by atomic mass is 16.3. The minimum Gasteiger partial charge on any atom is -0.392 e. The Morgan fingerprint density at radius 1 is 1.30 bits per heavy atom. The highest BCUT2D eigenvalue weighted by molar-refractivity contribution is 5.75. The Balaban J connectivity index is 1.76. The van der Waals surface area contributed by atoms with E-state index in [4.69, 9.17) is 0 Å². The number of nitrogens with zero attached hydrogens (tertiary/aromatic N) is 1. The number of fused-ring (bicyclic) bond motifs is 1. The quantitative estimate of drug-likeness (QED) is 0.421. The minimum atomic E-state index is -0.383. The molecule has 0 saturated heterocycles. The van der Waals surface area contributed by atoms with E-state index in [-0.39, 0.29) is 24.0 Å². The van der Waals surface area contributed by atoms with Gasteiger partial charge in [0, 0.05) is 26.4 Å². The number of hydrogen-bond acceptors (Lipinski definition) is 3. The van der Waals surface area contributed by atoms with Gasteiger partial charge in [-0.2, -0.15) is 0 Å². The number of hydrogen-bond donors (Lipinski definition) is 2. The van der Waals surface area contributed by atoms with E-state index in [2.05, 4.69) is 19.1 Å². The Labute approximate surface area is 165 Å². The van der Waals surface area contributed by atoms with E-state index in [1.165, 1.54) is 12.0 Å². The average molecular weight is 378 g/mol. The number of aliphatic hydroxyl groups is 2. The topological polar surface area (TPSA) is 60.8 Å². The van der Waals surface area contributed by atoms with Crippen molar-refractivity contribution in [3.05, 3.63) is 23.8 Å². The van der Waals surface area contributed by atoms with E-state index >= 15 is 0 Å². The van der Waals surface area contributed by atoms with Gasteiger partial charge in [-0.1, -0.05) is 50.0 Å². The van der Waals surface area contributed by atoms with Crippen LogP contribution in [-0.2, 0) is 4.79 Å². The highest BCUT2D eigenvalue weighted by Gasteiger charge is 2.43. The first kappa shape index (κ1) is 22.2. The van der Waals surface area contributed by atoms with Crippen molar-refractivity contribution in [3.8, 4) is 0 Å². The van der Waals surface area contributed by atoms with Gasteiger partial charge in [-0.3, -0.25) is 4.79 Å². The van der Waals surface area contributed by atoms with E-state index in [0.717, 1.165) is 51.4 Å². The zero-order valence-corrected chi connectivity index (χ0v) is 17.4. The minimum absolute atomic E-state index is 0.167. The molecule has 2 aliphatic rings. The summed E-state index contributed by atoms with van der Waals surface area (Å²) in [5, 5.41) is 20.6. The van der Waals surface area contributed by atoms with Crippen LogP contribution in [0.1, 0.15) is 71.1 Å². The molecule has 0 radical (unpaired) electrons. The Hall–Kier alpha value is -1.13. The number of allylic oxidation sites excluding steroid dienone is 2. The number of aliphatic hydroxyl groups excluding tert-OH is 2. The molecule has 0 spiro atoms. The van der Waals surface area contributed by atoms with Crippen LogP contribution in [0, 0.1) is 17.8 Å². The summed E-state index contributed by atoms with van der Waals surface area (Å²) >= 11 is 0. The number of carbonyl (C=O) groups is 1. The number of rotatable bonds is 11. The summed E-state index contributed by atoms with van der Waals surface area (Å²) in [5.74, 6) is 1.33. The summed E-state index contributed by atoms with van der Waals surface area (Å²) < 4.78 is 0. The van der Waals surface area contributed by atoms with Gasteiger partial charge in [-0.25, -0.2) is 0 Å². The van der Waals surface area contributed by atoms with Crippen molar-refractivity contribution in [2.24, 2.45) is 17.8 Å². The molecule has 0 aromatic carbocycles. The van der Waals surface area contributed by atoms with Gasteiger partial charge in [-0.15, -0.1) is 0 Å². The second-order valence-corrected chi connectivity index (χ2v) is 8.68. The summed E-state index contributed by atoms with van der Waals surface area (Å²) in [6, 6.07) is 0. The van der Waals surface area contributed by atoms with Crippen molar-refractivity contribution in [2.45, 2.75) is 83.3 Å². The zero-order valence-electron chi connectivity index (χ0n) is 17.4. The smallest absolute Gasteiger partial charge is 0.222 e. The molecule has 2 aliphatic carbocycles. The summed E-state index contributed by atoms with van der Waals surface area (Å²) in [6.07, 6.45) is 15.5. The van der Waals surface area contributed by atoms with Gasteiger partial charge in [0.2, 0.25) is 5.91 Å². The maximum atomic E-state index is 11.6. The van der Waals surface area contributed by atoms with Crippen LogP contribution in [0.15, 0.2) is 23.8 Å². The molecule has 4 heteroatoms. The molecule has 1 saturated carbocycles. The average Bonchev–Trinajstić information content (AvgIpc) is 3.13. The molecule has 0 aromatic rings. The van der Waals surface area contributed by atoms with Crippen molar-refractivity contribution in [1.29, 1.82) is 0 Å². The predicted octanol–water partition coefficient (Wildman–Crippen LogP) is 4.08. The first-order chi connectivity index (χ1) is 12.9. The monoisotopic (exact) mass is 377 g/mol. The molecule has 154 valence electrons. The van der Waals surface area contributed by atoms with E-state index in [1.807, 2.05) is 20.2 Å². The lowest BCUT2D eigenvalue weighted by Crippen LogP contribution is -2.21. The third-order valence-electron chi connectivity index (χ3n) is 6.25. The fraction of sp³-hybridized carbons (Fsp3) is 0.783. The second-order valence-electron chi connectivity index (χ2n) is 8.68. The first-order valence-corrected chi connectivity index (χ1v) is 10.9. The van der Waals surface area contributed by atoms with E-state index < -0.39 is 0 Å². The Morgan fingerprint density at radius 3 is 2.78 bits per heavy atom. The standard InChI is InChI=1S/C23H39NO3/c1-4-5-6-10-19(25)12-13-20-21-15-17(14-18(21)16-22(20)26)9-7-8-11-23(27)24(2)3/h12-14,18-22,25-26H,4-11,15-16H2,1-3H3/t18?,19-,20+,21-,22?/m0/s1. The molecule has 1 fully saturated rings. The lowest BCUT2D eigenvalue weighted by Gasteiger charge is -2.19. The maximum Gasteiger partial charge on any atom is 0.222 e. The van der Waals surface area contributed by atoms with Gasteiger partial charge in [0.1, 0.15) is 0 Å². The summed E-state index contributed by atoms with van der Waals surface area (Å²) in [4.78, 5) is 13.3. The Morgan fingerprint density at radius 2 is 2.07 bits per heavy atom. The van der Waals surface area contributed by atoms with Crippen LogP contribution < -0.4 is 0 Å². The third-order valence-corrected chi connectivity index (χ3v) is 6.25. The van der Waals surface area contributed by atoms with Gasteiger partial charge < -0.3 is 15.1 Å². The molecule has 2 N–H and O–H groups in total. The van der Waals surface area contributed by atoms with Crippen LogP contribution in [0.5, 0.6) is 0 Å². The van der Waals surface area contributed by atoms with Gasteiger partial charge >= 0.3 is 0 Å². The molecule has 0 bridgehead atoms. The molecule has 5 atom stereocenters. The van der Waals surface area contributed by atoms with Crippen LogP contribution in [-0.4, -0.2) is 47.3 Å². The van der Waals surface area contributed by atoms with Crippen LogP contribution in [0.25, 0.3) is 0 Å². The first-order valence-electron chi connectivity index (χ1n) is 10.9. The zero-order chi connectivity index (χ0) is 19.8. The Kier molecular flexibility index (Phi) is 9.04. The molecule has 27 heavy (non-hydrogen) atoms. The van der Waals surface area contributed by atoms with Crippen molar-refractivity contribution >= 4 is 5.91 Å². The van der Waals surface area contributed by atoms with Gasteiger partial charge in [0.15, 0.2) is 0 Å². The van der Waals surface area contributed by atoms with E-state index in [1.54, 1.807) is 4.90 Å². The molecule has 2 unspecified atom stereocenters. The maximum absolute atomic E-state index is 11.6. The fourth-order valence-corrected chi connectivity index (χ4v) is 4.60. The van der Waals surface area contributed by atoms with E-state index in [0.29, 0.717) is 18.3 Å². The number of carbonyl (C=O) groups excluding carboxylic acids is 1. The third kappa shape index (κ3) is 6.76. The largest absolute Gasteiger partial charge is 0.392 e. The summed E-state index contributed by atoms with van der Waals surface area (Å²) in [5.41, 5.74) is 1.50. The van der Waals surface area contributed by atoms with Gasteiger partial charge in [0.25, 0.3) is 0 Å². The highest BCUT2D eigenvalue weighted by Crippen LogP contribution is 2.48. The van der Waals surface area contributed by atoms with Crippen molar-refractivity contribution in [3.63, 3.8) is 0 Å². The normalized spacial score (nSPS) is 28.4. The van der Waals surface area contributed by atoms with Crippen LogP contribution in [0.2, 0.25) is 0 Å². The number of amides is 1. The molecule has 1 amide bonds. The summed E-state index contributed by atoms with van der Waals surface area (Å²) in [6.45, 7) is 2.17. The van der Waals surface area contributed by atoms with Crippen molar-refractivity contribution in [2.75, 3.05) is 14.1 Å². The van der Waals surface area contributed by atoms with Crippen molar-refractivity contribution in [1.82, 2.24) is 4.90 Å². The predicted molar refractivity (Wildman–Crippen MR) is 110 cm³/mol. The molecular formula is C23H39NO3. The SMILES string of the molecule is CCCCC[C@H](O)C=C[C@H]1C(O)CC2C=C(CCCCC(=O)N(C)C)C[C@@H]21.